The van der Waals surface area contributed by atoms with E-state index < -0.39 is 11.7 Å². The van der Waals surface area contributed by atoms with E-state index in [2.05, 4.69) is 10.3 Å². The van der Waals surface area contributed by atoms with Gasteiger partial charge in [-0.3, -0.25) is 4.98 Å². The highest BCUT2D eigenvalue weighted by Gasteiger charge is 2.31. The molecule has 2 rings (SSSR count). The average Bonchev–Trinajstić information content (AvgIpc) is 2.97. The predicted octanol–water partition coefficient (Wildman–Crippen LogP) is 2.35. The molecular formula is C10H11F3N2. The van der Waals surface area contributed by atoms with Crippen LogP contribution in [0.3, 0.4) is 0 Å². The smallest absolute Gasteiger partial charge is 0.310 e. The van der Waals surface area contributed by atoms with E-state index in [1.54, 1.807) is 0 Å². The van der Waals surface area contributed by atoms with E-state index in [-0.39, 0.29) is 0 Å². The standard InChI is InChI=1S/C10H11F3N2/c11-10(12,13)8-3-7(4-14-6-8)5-15-9-1-2-9/h3-4,6,9,15H,1-2,5H2. The molecule has 2 nitrogen and oxygen atoms in total. The van der Waals surface area contributed by atoms with Gasteiger partial charge in [0, 0.05) is 25.0 Å². The average molecular weight is 216 g/mol. The van der Waals surface area contributed by atoms with Crippen LogP contribution in [-0.2, 0) is 12.7 Å². The van der Waals surface area contributed by atoms with Gasteiger partial charge in [-0.05, 0) is 24.5 Å². The highest BCUT2D eigenvalue weighted by Crippen LogP contribution is 2.29. The molecule has 0 saturated heterocycles. The summed E-state index contributed by atoms with van der Waals surface area (Å²) in [7, 11) is 0. The Hall–Kier alpha value is -1.10. The van der Waals surface area contributed by atoms with Crippen LogP contribution in [0.25, 0.3) is 0 Å². The lowest BCUT2D eigenvalue weighted by molar-refractivity contribution is -0.137. The second kappa shape index (κ2) is 3.81. The summed E-state index contributed by atoms with van der Waals surface area (Å²) in [5.41, 5.74) is -0.102. The van der Waals surface area contributed by atoms with Gasteiger partial charge in [0.15, 0.2) is 0 Å². The lowest BCUT2D eigenvalue weighted by Crippen LogP contribution is -2.16. The van der Waals surface area contributed by atoms with Crippen LogP contribution in [0.1, 0.15) is 24.0 Å². The topological polar surface area (TPSA) is 24.9 Å². The Morgan fingerprint density at radius 1 is 1.33 bits per heavy atom. The van der Waals surface area contributed by atoms with Gasteiger partial charge >= 0.3 is 6.18 Å². The van der Waals surface area contributed by atoms with Crippen LogP contribution in [0, 0.1) is 0 Å². The molecule has 0 amide bonds. The SMILES string of the molecule is FC(F)(F)c1cncc(CNC2CC2)c1. The molecule has 1 aromatic heterocycles. The van der Waals surface area contributed by atoms with Gasteiger partial charge < -0.3 is 5.32 Å². The van der Waals surface area contributed by atoms with Crippen molar-refractivity contribution in [2.75, 3.05) is 0 Å². The summed E-state index contributed by atoms with van der Waals surface area (Å²) in [6.45, 7) is 0.460. The lowest BCUT2D eigenvalue weighted by atomic mass is 10.2. The fraction of sp³-hybridized carbons (Fsp3) is 0.500. The third-order valence-electron chi connectivity index (χ3n) is 2.29. The van der Waals surface area contributed by atoms with E-state index in [0.717, 1.165) is 25.1 Å². The van der Waals surface area contributed by atoms with Crippen molar-refractivity contribution in [3.63, 3.8) is 0 Å². The molecule has 1 N–H and O–H groups in total. The quantitative estimate of drug-likeness (QED) is 0.838. The first-order chi connectivity index (χ1) is 7.05. The largest absolute Gasteiger partial charge is 0.417 e. The number of rotatable bonds is 3. The summed E-state index contributed by atoms with van der Waals surface area (Å²) in [6.07, 6.45) is 0.243. The maximum absolute atomic E-state index is 12.3. The van der Waals surface area contributed by atoms with Crippen molar-refractivity contribution in [2.45, 2.75) is 31.6 Å². The first-order valence-corrected chi connectivity index (χ1v) is 4.80. The second-order valence-corrected chi connectivity index (χ2v) is 3.73. The highest BCUT2D eigenvalue weighted by molar-refractivity contribution is 5.20. The summed E-state index contributed by atoms with van der Waals surface area (Å²) >= 11 is 0. The van der Waals surface area contributed by atoms with E-state index in [1.807, 2.05) is 0 Å². The van der Waals surface area contributed by atoms with E-state index in [9.17, 15) is 13.2 Å². The second-order valence-electron chi connectivity index (χ2n) is 3.73. The van der Waals surface area contributed by atoms with Gasteiger partial charge in [-0.25, -0.2) is 0 Å². The van der Waals surface area contributed by atoms with Crippen molar-refractivity contribution in [3.05, 3.63) is 29.6 Å². The fourth-order valence-electron chi connectivity index (χ4n) is 1.29. The number of hydrogen-bond acceptors (Lipinski definition) is 2. The molecule has 5 heteroatoms. The highest BCUT2D eigenvalue weighted by atomic mass is 19.4. The molecule has 0 radical (unpaired) electrons. The van der Waals surface area contributed by atoms with E-state index >= 15 is 0 Å². The van der Waals surface area contributed by atoms with Crippen molar-refractivity contribution >= 4 is 0 Å². The summed E-state index contributed by atoms with van der Waals surface area (Å²) in [5, 5.41) is 3.14. The molecule has 82 valence electrons. The van der Waals surface area contributed by atoms with Crippen LogP contribution in [0.4, 0.5) is 13.2 Å². The summed E-state index contributed by atoms with van der Waals surface area (Å²) in [4.78, 5) is 3.59. The molecule has 1 aromatic rings. The Morgan fingerprint density at radius 2 is 2.07 bits per heavy atom. The number of alkyl halides is 3. The Kier molecular flexibility index (Phi) is 2.65. The first kappa shape index (κ1) is 10.4. The monoisotopic (exact) mass is 216 g/mol. The minimum absolute atomic E-state index is 0.460. The molecule has 1 fully saturated rings. The maximum atomic E-state index is 12.3. The van der Waals surface area contributed by atoms with Crippen LogP contribution < -0.4 is 5.32 Å². The van der Waals surface area contributed by atoms with Gasteiger partial charge in [-0.2, -0.15) is 13.2 Å². The zero-order valence-electron chi connectivity index (χ0n) is 8.01. The van der Waals surface area contributed by atoms with Gasteiger partial charge in [-0.15, -0.1) is 0 Å². The van der Waals surface area contributed by atoms with Gasteiger partial charge in [-0.1, -0.05) is 0 Å². The van der Waals surface area contributed by atoms with Crippen LogP contribution in [-0.4, -0.2) is 11.0 Å². The molecule has 15 heavy (non-hydrogen) atoms. The molecule has 0 unspecified atom stereocenters. The van der Waals surface area contributed by atoms with Gasteiger partial charge in [0.1, 0.15) is 0 Å². The van der Waals surface area contributed by atoms with Crippen molar-refractivity contribution in [2.24, 2.45) is 0 Å². The van der Waals surface area contributed by atoms with Gasteiger partial charge in [0.05, 0.1) is 5.56 Å². The number of nitrogens with one attached hydrogen (secondary N) is 1. The zero-order valence-corrected chi connectivity index (χ0v) is 8.01. The third kappa shape index (κ3) is 2.92. The zero-order chi connectivity index (χ0) is 10.9. The molecule has 0 bridgehead atoms. The number of hydrogen-bond donors (Lipinski definition) is 1. The summed E-state index contributed by atoms with van der Waals surface area (Å²) in [5.74, 6) is 0. The van der Waals surface area contributed by atoms with Crippen LogP contribution in [0.5, 0.6) is 0 Å². The van der Waals surface area contributed by atoms with Crippen molar-refractivity contribution in [3.8, 4) is 0 Å². The Morgan fingerprint density at radius 3 is 2.67 bits per heavy atom. The van der Waals surface area contributed by atoms with Crippen molar-refractivity contribution < 1.29 is 13.2 Å². The normalized spacial score (nSPS) is 16.7. The molecular weight excluding hydrogens is 205 g/mol. The molecule has 0 atom stereocenters. The molecule has 0 aromatic carbocycles. The number of aromatic nitrogens is 1. The molecule has 0 aliphatic heterocycles. The predicted molar refractivity (Wildman–Crippen MR) is 49.1 cm³/mol. The minimum Gasteiger partial charge on any atom is -0.310 e. The molecule has 1 aliphatic rings. The Labute approximate surface area is 85.5 Å². The minimum atomic E-state index is -4.30. The van der Waals surface area contributed by atoms with Crippen LogP contribution >= 0.6 is 0 Å². The Bertz CT molecular complexity index is 345. The third-order valence-corrected chi connectivity index (χ3v) is 2.29. The van der Waals surface area contributed by atoms with Gasteiger partial charge in [0.25, 0.3) is 0 Å². The van der Waals surface area contributed by atoms with Gasteiger partial charge in [0.2, 0.25) is 0 Å². The number of nitrogens with zero attached hydrogens (tertiary/aromatic N) is 1. The van der Waals surface area contributed by atoms with Crippen molar-refractivity contribution in [1.82, 2.24) is 10.3 Å². The van der Waals surface area contributed by atoms with E-state index in [1.165, 1.54) is 6.20 Å². The molecule has 0 spiro atoms. The number of halogens is 3. The summed E-state index contributed by atoms with van der Waals surface area (Å²) < 4.78 is 37.0. The molecule has 1 saturated carbocycles. The van der Waals surface area contributed by atoms with Crippen molar-refractivity contribution in [1.29, 1.82) is 0 Å². The molecule has 1 heterocycles. The van der Waals surface area contributed by atoms with Crippen LogP contribution in [0.15, 0.2) is 18.5 Å². The van der Waals surface area contributed by atoms with Crippen LogP contribution in [0.2, 0.25) is 0 Å². The lowest BCUT2D eigenvalue weighted by Gasteiger charge is -2.08. The summed E-state index contributed by atoms with van der Waals surface area (Å²) in [6, 6.07) is 1.63. The number of pyridine rings is 1. The first-order valence-electron chi connectivity index (χ1n) is 4.80. The van der Waals surface area contributed by atoms with E-state index in [0.29, 0.717) is 18.2 Å². The van der Waals surface area contributed by atoms with E-state index in [4.69, 9.17) is 0 Å². The maximum Gasteiger partial charge on any atom is 0.417 e. The Balaban J connectivity index is 2.04. The fourth-order valence-corrected chi connectivity index (χ4v) is 1.29. The molecule has 1 aliphatic carbocycles.